The molecular formula is C21H21ClN4O3. The zero-order valence-electron chi connectivity index (χ0n) is 16.2. The number of ether oxygens (including phenoxy) is 1. The standard InChI is InChI=1S/C21H21ClN4O3/c1-14-12-15(2)26(25-14)18-9-8-17(22)20(24-18)21(28)29-13-19(27)23-11-10-16-6-4-3-5-7-16/h3-9,12H,10-11,13H2,1-2H3,(H,23,27). The normalized spacial score (nSPS) is 10.6. The molecule has 2 aromatic heterocycles. The highest BCUT2D eigenvalue weighted by Gasteiger charge is 2.18. The number of carbonyl (C=O) groups excluding carboxylic acids is 2. The Morgan fingerprint density at radius 3 is 2.59 bits per heavy atom. The Labute approximate surface area is 173 Å². The van der Waals surface area contributed by atoms with Gasteiger partial charge in [-0.25, -0.2) is 14.5 Å². The summed E-state index contributed by atoms with van der Waals surface area (Å²) in [5.74, 6) is -0.712. The Bertz CT molecular complexity index is 1020. The second-order valence-corrected chi connectivity index (χ2v) is 6.91. The van der Waals surface area contributed by atoms with Crippen LogP contribution in [0.3, 0.4) is 0 Å². The Kier molecular flexibility index (Phi) is 6.61. The van der Waals surface area contributed by atoms with Gasteiger partial charge in [-0.15, -0.1) is 0 Å². The van der Waals surface area contributed by atoms with E-state index in [2.05, 4.69) is 15.4 Å². The van der Waals surface area contributed by atoms with E-state index in [-0.39, 0.29) is 16.6 Å². The molecule has 0 bridgehead atoms. The molecule has 3 aromatic rings. The molecule has 0 unspecified atom stereocenters. The SMILES string of the molecule is Cc1cc(C)n(-c2ccc(Cl)c(C(=O)OCC(=O)NCCc3ccccc3)n2)n1. The number of pyridine rings is 1. The van der Waals surface area contributed by atoms with Gasteiger partial charge in [-0.3, -0.25) is 4.79 Å². The smallest absolute Gasteiger partial charge is 0.359 e. The lowest BCUT2D eigenvalue weighted by molar-refractivity contribution is -0.124. The largest absolute Gasteiger partial charge is 0.451 e. The van der Waals surface area contributed by atoms with Gasteiger partial charge in [0.1, 0.15) is 0 Å². The quantitative estimate of drug-likeness (QED) is 0.603. The summed E-state index contributed by atoms with van der Waals surface area (Å²) in [5.41, 5.74) is 2.75. The zero-order valence-corrected chi connectivity index (χ0v) is 16.9. The van der Waals surface area contributed by atoms with Gasteiger partial charge in [0.15, 0.2) is 18.1 Å². The summed E-state index contributed by atoms with van der Waals surface area (Å²) in [6, 6.07) is 14.9. The number of amides is 1. The summed E-state index contributed by atoms with van der Waals surface area (Å²) in [6.07, 6.45) is 0.693. The second-order valence-electron chi connectivity index (χ2n) is 6.50. The van der Waals surface area contributed by atoms with Gasteiger partial charge in [0.05, 0.1) is 10.7 Å². The van der Waals surface area contributed by atoms with Crippen LogP contribution in [0, 0.1) is 13.8 Å². The Hall–Kier alpha value is -3.19. The third-order valence-electron chi connectivity index (χ3n) is 4.16. The molecule has 0 spiro atoms. The molecule has 0 atom stereocenters. The minimum absolute atomic E-state index is 0.0613. The molecule has 0 radical (unpaired) electrons. The van der Waals surface area contributed by atoms with Crippen molar-refractivity contribution in [1.29, 1.82) is 0 Å². The molecule has 0 saturated carbocycles. The highest BCUT2D eigenvalue weighted by atomic mass is 35.5. The van der Waals surface area contributed by atoms with Crippen LogP contribution in [0.5, 0.6) is 0 Å². The fourth-order valence-corrected chi connectivity index (χ4v) is 2.98. The van der Waals surface area contributed by atoms with Crippen molar-refractivity contribution in [3.05, 3.63) is 76.2 Å². The lowest BCUT2D eigenvalue weighted by Crippen LogP contribution is -2.30. The first kappa shape index (κ1) is 20.5. The van der Waals surface area contributed by atoms with E-state index < -0.39 is 12.6 Å². The fraction of sp³-hybridized carbons (Fsp3) is 0.238. The van der Waals surface area contributed by atoms with E-state index >= 15 is 0 Å². The fourth-order valence-electron chi connectivity index (χ4n) is 2.80. The Morgan fingerprint density at radius 2 is 1.90 bits per heavy atom. The molecule has 7 nitrogen and oxygen atoms in total. The molecule has 0 saturated heterocycles. The van der Waals surface area contributed by atoms with Crippen LogP contribution in [0.25, 0.3) is 5.82 Å². The van der Waals surface area contributed by atoms with Crippen molar-refractivity contribution in [3.8, 4) is 5.82 Å². The molecule has 1 aromatic carbocycles. The van der Waals surface area contributed by atoms with Gasteiger partial charge in [-0.05, 0) is 44.0 Å². The molecule has 150 valence electrons. The number of aryl methyl sites for hydroxylation is 2. The van der Waals surface area contributed by atoms with E-state index in [9.17, 15) is 9.59 Å². The van der Waals surface area contributed by atoms with Crippen molar-refractivity contribution in [3.63, 3.8) is 0 Å². The van der Waals surface area contributed by atoms with E-state index in [0.717, 1.165) is 17.0 Å². The highest BCUT2D eigenvalue weighted by Crippen LogP contribution is 2.18. The first-order valence-electron chi connectivity index (χ1n) is 9.12. The van der Waals surface area contributed by atoms with Gasteiger partial charge in [0, 0.05) is 12.2 Å². The maximum absolute atomic E-state index is 12.4. The average molecular weight is 413 g/mol. The first-order chi connectivity index (χ1) is 13.9. The molecule has 0 aliphatic rings. The van der Waals surface area contributed by atoms with Crippen LogP contribution in [-0.4, -0.2) is 39.8 Å². The topological polar surface area (TPSA) is 86.1 Å². The summed E-state index contributed by atoms with van der Waals surface area (Å²) in [4.78, 5) is 28.6. The Morgan fingerprint density at radius 1 is 1.14 bits per heavy atom. The van der Waals surface area contributed by atoms with Crippen LogP contribution in [-0.2, 0) is 16.0 Å². The number of rotatable bonds is 7. The van der Waals surface area contributed by atoms with E-state index in [1.54, 1.807) is 16.8 Å². The molecule has 3 rings (SSSR count). The molecule has 0 aliphatic heterocycles. The van der Waals surface area contributed by atoms with Gasteiger partial charge in [-0.1, -0.05) is 41.9 Å². The molecular weight excluding hydrogens is 392 g/mol. The lowest BCUT2D eigenvalue weighted by atomic mass is 10.1. The van der Waals surface area contributed by atoms with E-state index in [1.165, 1.54) is 0 Å². The van der Waals surface area contributed by atoms with Crippen LogP contribution in [0.1, 0.15) is 27.4 Å². The third-order valence-corrected chi connectivity index (χ3v) is 4.47. The predicted molar refractivity (Wildman–Crippen MR) is 109 cm³/mol. The van der Waals surface area contributed by atoms with Crippen LogP contribution in [0.2, 0.25) is 5.02 Å². The van der Waals surface area contributed by atoms with Crippen molar-refractivity contribution < 1.29 is 14.3 Å². The summed E-state index contributed by atoms with van der Waals surface area (Å²) >= 11 is 6.10. The number of hydrogen-bond acceptors (Lipinski definition) is 5. The monoisotopic (exact) mass is 412 g/mol. The van der Waals surface area contributed by atoms with Crippen molar-refractivity contribution in [2.45, 2.75) is 20.3 Å². The van der Waals surface area contributed by atoms with Crippen LogP contribution < -0.4 is 5.32 Å². The zero-order chi connectivity index (χ0) is 20.8. The number of nitrogens with zero attached hydrogens (tertiary/aromatic N) is 3. The second kappa shape index (κ2) is 9.34. The van der Waals surface area contributed by atoms with Gasteiger partial charge >= 0.3 is 5.97 Å². The number of nitrogens with one attached hydrogen (secondary N) is 1. The number of aromatic nitrogens is 3. The maximum atomic E-state index is 12.4. The summed E-state index contributed by atoms with van der Waals surface area (Å²) in [6.45, 7) is 3.79. The van der Waals surface area contributed by atoms with Gasteiger partial charge in [0.2, 0.25) is 0 Å². The van der Waals surface area contributed by atoms with Crippen LogP contribution in [0.15, 0.2) is 48.5 Å². The van der Waals surface area contributed by atoms with Crippen molar-refractivity contribution in [2.75, 3.05) is 13.2 Å². The van der Waals surface area contributed by atoms with E-state index in [1.807, 2.05) is 50.2 Å². The first-order valence-corrected chi connectivity index (χ1v) is 9.50. The molecule has 1 amide bonds. The third kappa shape index (κ3) is 5.42. The number of halogens is 1. The number of hydrogen-bond donors (Lipinski definition) is 1. The van der Waals surface area contributed by atoms with Crippen LogP contribution >= 0.6 is 11.6 Å². The van der Waals surface area contributed by atoms with Gasteiger partial charge < -0.3 is 10.1 Å². The highest BCUT2D eigenvalue weighted by molar-refractivity contribution is 6.33. The number of benzene rings is 1. The molecule has 29 heavy (non-hydrogen) atoms. The van der Waals surface area contributed by atoms with Crippen molar-refractivity contribution in [1.82, 2.24) is 20.1 Å². The van der Waals surface area contributed by atoms with E-state index in [4.69, 9.17) is 16.3 Å². The van der Waals surface area contributed by atoms with Crippen LogP contribution in [0.4, 0.5) is 0 Å². The van der Waals surface area contributed by atoms with Crippen molar-refractivity contribution in [2.24, 2.45) is 0 Å². The van der Waals surface area contributed by atoms with Gasteiger partial charge in [0.25, 0.3) is 5.91 Å². The molecule has 0 fully saturated rings. The number of esters is 1. The maximum Gasteiger partial charge on any atom is 0.359 e. The molecule has 8 heteroatoms. The van der Waals surface area contributed by atoms with Crippen molar-refractivity contribution >= 4 is 23.5 Å². The summed E-state index contributed by atoms with van der Waals surface area (Å²) in [7, 11) is 0. The van der Waals surface area contributed by atoms with E-state index in [0.29, 0.717) is 18.8 Å². The number of carbonyl (C=O) groups is 2. The Balaban J connectivity index is 1.57. The minimum atomic E-state index is -0.767. The lowest BCUT2D eigenvalue weighted by Gasteiger charge is -2.09. The molecule has 1 N–H and O–H groups in total. The molecule has 0 aliphatic carbocycles. The summed E-state index contributed by atoms with van der Waals surface area (Å²) < 4.78 is 6.68. The van der Waals surface area contributed by atoms with Gasteiger partial charge in [-0.2, -0.15) is 5.10 Å². The predicted octanol–water partition coefficient (Wildman–Crippen LogP) is 3.05. The summed E-state index contributed by atoms with van der Waals surface area (Å²) in [5, 5.41) is 7.20. The molecule has 2 heterocycles. The average Bonchev–Trinajstić information content (AvgIpc) is 3.05. The minimum Gasteiger partial charge on any atom is -0.451 e.